The fourth-order valence-corrected chi connectivity index (χ4v) is 2.27. The van der Waals surface area contributed by atoms with Crippen molar-refractivity contribution in [3.05, 3.63) is 60.7 Å². The van der Waals surface area contributed by atoms with E-state index in [2.05, 4.69) is 47.7 Å². The second kappa shape index (κ2) is 5.83. The molecule has 0 aliphatic carbocycles. The van der Waals surface area contributed by atoms with Crippen molar-refractivity contribution in [1.82, 2.24) is 19.6 Å². The average molecular weight is 281 g/mol. The van der Waals surface area contributed by atoms with E-state index in [1.54, 1.807) is 6.20 Å². The van der Waals surface area contributed by atoms with Gasteiger partial charge in [-0.15, -0.1) is 0 Å². The summed E-state index contributed by atoms with van der Waals surface area (Å²) in [7, 11) is 0. The third kappa shape index (κ3) is 2.97. The highest BCUT2D eigenvalue weighted by Gasteiger charge is 2.08. The molecule has 3 rings (SSSR count). The highest BCUT2D eigenvalue weighted by atomic mass is 15.3. The number of rotatable bonds is 5. The van der Waals surface area contributed by atoms with Crippen molar-refractivity contribution in [2.75, 3.05) is 5.32 Å². The van der Waals surface area contributed by atoms with Gasteiger partial charge in [0, 0.05) is 36.4 Å². The van der Waals surface area contributed by atoms with Crippen LogP contribution in [0, 0.1) is 0 Å². The Bertz CT molecular complexity index is 699. The first-order chi connectivity index (χ1) is 10.3. The van der Waals surface area contributed by atoms with Crippen LogP contribution in [0.5, 0.6) is 0 Å². The van der Waals surface area contributed by atoms with E-state index in [-0.39, 0.29) is 6.04 Å². The minimum Gasteiger partial charge on any atom is -0.378 e. The maximum atomic E-state index is 4.32. The van der Waals surface area contributed by atoms with E-state index in [1.807, 2.05) is 40.0 Å². The lowest BCUT2D eigenvalue weighted by Crippen LogP contribution is -2.06. The molecule has 1 N–H and O–H groups in total. The molecule has 0 aliphatic rings. The molecule has 0 bridgehead atoms. The fraction of sp³-hybridized carbons (Fsp3) is 0.250. The zero-order valence-corrected chi connectivity index (χ0v) is 12.3. The van der Waals surface area contributed by atoms with E-state index in [0.29, 0.717) is 0 Å². The lowest BCUT2D eigenvalue weighted by molar-refractivity contribution is 0.658. The molecule has 108 valence electrons. The summed E-state index contributed by atoms with van der Waals surface area (Å²) in [6.07, 6.45) is 7.71. The third-order valence-corrected chi connectivity index (χ3v) is 3.48. The molecule has 0 saturated heterocycles. The van der Waals surface area contributed by atoms with Gasteiger partial charge in [-0.3, -0.25) is 4.68 Å². The Morgan fingerprint density at radius 2 is 2.14 bits per heavy atom. The zero-order chi connectivity index (χ0) is 14.7. The second-order valence-electron chi connectivity index (χ2n) is 5.00. The van der Waals surface area contributed by atoms with E-state index in [4.69, 9.17) is 0 Å². The zero-order valence-electron chi connectivity index (χ0n) is 12.3. The van der Waals surface area contributed by atoms with Crippen molar-refractivity contribution in [1.29, 1.82) is 0 Å². The lowest BCUT2D eigenvalue weighted by Gasteiger charge is -2.14. The Kier molecular flexibility index (Phi) is 3.73. The average Bonchev–Trinajstić information content (AvgIpc) is 3.19. The third-order valence-electron chi connectivity index (χ3n) is 3.48. The molecular formula is C16H19N5. The molecule has 3 aromatic rings. The van der Waals surface area contributed by atoms with Gasteiger partial charge in [-0.2, -0.15) is 10.2 Å². The Hall–Kier alpha value is -2.56. The largest absolute Gasteiger partial charge is 0.378 e. The van der Waals surface area contributed by atoms with Crippen molar-refractivity contribution in [3.8, 4) is 5.69 Å². The number of nitrogens with zero attached hydrogens (tertiary/aromatic N) is 4. The molecule has 0 amide bonds. The minimum atomic E-state index is 0.207. The summed E-state index contributed by atoms with van der Waals surface area (Å²) in [5, 5.41) is 12.1. The predicted octanol–water partition coefficient (Wildman–Crippen LogP) is 3.26. The number of hydrogen-bond acceptors (Lipinski definition) is 3. The molecule has 1 aromatic carbocycles. The van der Waals surface area contributed by atoms with Crippen LogP contribution in [-0.4, -0.2) is 19.6 Å². The molecule has 2 aromatic heterocycles. The normalized spacial score (nSPS) is 12.3. The van der Waals surface area contributed by atoms with Crippen LogP contribution in [0.2, 0.25) is 0 Å². The van der Waals surface area contributed by atoms with Gasteiger partial charge in [0.25, 0.3) is 0 Å². The fourth-order valence-electron chi connectivity index (χ4n) is 2.27. The monoisotopic (exact) mass is 281 g/mol. The van der Waals surface area contributed by atoms with Gasteiger partial charge in [0.1, 0.15) is 0 Å². The van der Waals surface area contributed by atoms with Crippen molar-refractivity contribution in [2.45, 2.75) is 26.4 Å². The van der Waals surface area contributed by atoms with Gasteiger partial charge < -0.3 is 5.32 Å². The van der Waals surface area contributed by atoms with Crippen molar-refractivity contribution in [2.24, 2.45) is 0 Å². The van der Waals surface area contributed by atoms with Crippen molar-refractivity contribution < 1.29 is 0 Å². The van der Waals surface area contributed by atoms with E-state index in [9.17, 15) is 0 Å². The SMILES string of the molecule is CCn1cc(C(C)Nc2cccc(-n3cccn3)c2)cn1. The molecule has 0 aliphatic heterocycles. The topological polar surface area (TPSA) is 47.7 Å². The number of anilines is 1. The number of nitrogens with one attached hydrogen (secondary N) is 1. The van der Waals surface area contributed by atoms with Crippen molar-refractivity contribution >= 4 is 5.69 Å². The minimum absolute atomic E-state index is 0.207. The summed E-state index contributed by atoms with van der Waals surface area (Å²) in [5.41, 5.74) is 3.29. The van der Waals surface area contributed by atoms with Gasteiger partial charge in [0.2, 0.25) is 0 Å². The van der Waals surface area contributed by atoms with Crippen LogP contribution in [0.15, 0.2) is 55.1 Å². The molecule has 1 unspecified atom stereocenters. The molecule has 5 nitrogen and oxygen atoms in total. The van der Waals surface area contributed by atoms with Crippen LogP contribution < -0.4 is 5.32 Å². The predicted molar refractivity (Wildman–Crippen MR) is 83.5 cm³/mol. The molecule has 0 fully saturated rings. The summed E-state index contributed by atoms with van der Waals surface area (Å²) in [6.45, 7) is 5.11. The number of aryl methyl sites for hydroxylation is 1. The van der Waals surface area contributed by atoms with Crippen LogP contribution >= 0.6 is 0 Å². The van der Waals surface area contributed by atoms with Gasteiger partial charge in [-0.1, -0.05) is 6.07 Å². The van der Waals surface area contributed by atoms with Gasteiger partial charge in [-0.05, 0) is 38.1 Å². The summed E-state index contributed by atoms with van der Waals surface area (Å²) in [6, 6.07) is 10.3. The highest BCUT2D eigenvalue weighted by molar-refractivity contribution is 5.52. The first-order valence-electron chi connectivity index (χ1n) is 7.15. The Labute approximate surface area is 124 Å². The maximum absolute atomic E-state index is 4.32. The molecule has 1 atom stereocenters. The smallest absolute Gasteiger partial charge is 0.0666 e. The second-order valence-corrected chi connectivity index (χ2v) is 5.00. The summed E-state index contributed by atoms with van der Waals surface area (Å²) < 4.78 is 3.79. The molecule has 0 saturated carbocycles. The van der Waals surface area contributed by atoms with E-state index in [0.717, 1.165) is 17.9 Å². The Balaban J connectivity index is 1.77. The van der Waals surface area contributed by atoms with E-state index >= 15 is 0 Å². The number of hydrogen-bond donors (Lipinski definition) is 1. The van der Waals surface area contributed by atoms with Crippen LogP contribution in [0.25, 0.3) is 5.69 Å². The number of benzene rings is 1. The molecule has 2 heterocycles. The Morgan fingerprint density at radius 1 is 1.24 bits per heavy atom. The van der Waals surface area contributed by atoms with Gasteiger partial charge in [0.15, 0.2) is 0 Å². The standard InChI is InChI=1S/C16H19N5/c1-3-20-12-14(11-18-20)13(2)19-15-6-4-7-16(10-15)21-9-5-8-17-21/h4-13,19H,3H2,1-2H3. The summed E-state index contributed by atoms with van der Waals surface area (Å²) >= 11 is 0. The molecule has 5 heteroatoms. The van der Waals surface area contributed by atoms with Crippen LogP contribution in [-0.2, 0) is 6.54 Å². The quantitative estimate of drug-likeness (QED) is 0.781. The van der Waals surface area contributed by atoms with Gasteiger partial charge in [0.05, 0.1) is 17.9 Å². The lowest BCUT2D eigenvalue weighted by atomic mass is 10.1. The summed E-state index contributed by atoms with van der Waals surface area (Å²) in [4.78, 5) is 0. The summed E-state index contributed by atoms with van der Waals surface area (Å²) in [5.74, 6) is 0. The van der Waals surface area contributed by atoms with E-state index < -0.39 is 0 Å². The first kappa shape index (κ1) is 13.4. The molecule has 0 radical (unpaired) electrons. The first-order valence-corrected chi connectivity index (χ1v) is 7.15. The molecular weight excluding hydrogens is 262 g/mol. The highest BCUT2D eigenvalue weighted by Crippen LogP contribution is 2.20. The van der Waals surface area contributed by atoms with E-state index in [1.165, 1.54) is 5.56 Å². The maximum Gasteiger partial charge on any atom is 0.0666 e. The van der Waals surface area contributed by atoms with Gasteiger partial charge in [-0.25, -0.2) is 4.68 Å². The molecule has 21 heavy (non-hydrogen) atoms. The van der Waals surface area contributed by atoms with Crippen LogP contribution in [0.4, 0.5) is 5.69 Å². The number of aromatic nitrogens is 4. The Morgan fingerprint density at radius 3 is 2.86 bits per heavy atom. The van der Waals surface area contributed by atoms with Crippen molar-refractivity contribution in [3.63, 3.8) is 0 Å². The van der Waals surface area contributed by atoms with Crippen LogP contribution in [0.1, 0.15) is 25.5 Å². The molecule has 0 spiro atoms. The van der Waals surface area contributed by atoms with Gasteiger partial charge >= 0.3 is 0 Å². The van der Waals surface area contributed by atoms with Crippen LogP contribution in [0.3, 0.4) is 0 Å².